The smallest absolute Gasteiger partial charge is 0.408 e. The van der Waals surface area contributed by atoms with Gasteiger partial charge in [-0.3, -0.25) is 0 Å². The van der Waals surface area contributed by atoms with E-state index in [1.165, 1.54) is 18.2 Å². The lowest BCUT2D eigenvalue weighted by Crippen LogP contribution is -2.44. The minimum atomic E-state index is -1.19. The predicted molar refractivity (Wildman–Crippen MR) is 78.6 cm³/mol. The summed E-state index contributed by atoms with van der Waals surface area (Å²) in [6.07, 6.45) is -0.788. The first kappa shape index (κ1) is 17.4. The van der Waals surface area contributed by atoms with Gasteiger partial charge in [0.15, 0.2) is 0 Å². The number of aliphatic carboxylic acids is 1. The van der Waals surface area contributed by atoms with E-state index in [1.54, 1.807) is 20.8 Å². The number of amides is 1. The Morgan fingerprint density at radius 2 is 2.05 bits per heavy atom. The van der Waals surface area contributed by atoms with Gasteiger partial charge in [-0.2, -0.15) is 0 Å². The minimum Gasteiger partial charge on any atom is -0.480 e. The van der Waals surface area contributed by atoms with Crippen LogP contribution in [0.1, 0.15) is 26.3 Å². The Balaban J connectivity index is 2.76. The lowest BCUT2D eigenvalue weighted by atomic mass is 10.1. The molecule has 0 saturated carbocycles. The molecule has 7 heteroatoms. The number of hydrogen-bond acceptors (Lipinski definition) is 3. The van der Waals surface area contributed by atoms with Gasteiger partial charge in [-0.05, 0) is 54.4 Å². The van der Waals surface area contributed by atoms with Gasteiger partial charge in [0.1, 0.15) is 17.5 Å². The molecule has 0 fully saturated rings. The highest BCUT2D eigenvalue weighted by Crippen LogP contribution is 2.18. The quantitative estimate of drug-likeness (QED) is 0.863. The number of alkyl carbamates (subject to hydrolysis) is 1. The average molecular weight is 362 g/mol. The Kier molecular flexibility index (Phi) is 5.71. The van der Waals surface area contributed by atoms with Crippen LogP contribution in [-0.2, 0) is 16.0 Å². The van der Waals surface area contributed by atoms with E-state index >= 15 is 0 Å². The maximum atomic E-state index is 13.1. The van der Waals surface area contributed by atoms with Gasteiger partial charge in [0.05, 0.1) is 4.47 Å². The molecule has 0 heterocycles. The lowest BCUT2D eigenvalue weighted by molar-refractivity contribution is -0.139. The maximum absolute atomic E-state index is 13.1. The fourth-order valence-corrected chi connectivity index (χ4v) is 1.98. The zero-order chi connectivity index (χ0) is 16.2. The third-order valence-electron chi connectivity index (χ3n) is 2.41. The van der Waals surface area contributed by atoms with Crippen molar-refractivity contribution < 1.29 is 23.8 Å². The molecular weight excluding hydrogens is 345 g/mol. The van der Waals surface area contributed by atoms with Gasteiger partial charge in [-0.1, -0.05) is 6.07 Å². The highest BCUT2D eigenvalue weighted by Gasteiger charge is 2.24. The molecule has 1 amide bonds. The number of benzene rings is 1. The van der Waals surface area contributed by atoms with Crippen molar-refractivity contribution in [3.05, 3.63) is 34.1 Å². The Morgan fingerprint density at radius 3 is 2.52 bits per heavy atom. The van der Waals surface area contributed by atoms with Crippen molar-refractivity contribution >= 4 is 28.0 Å². The molecule has 0 aliphatic heterocycles. The summed E-state index contributed by atoms with van der Waals surface area (Å²) in [5.74, 6) is -1.63. The highest BCUT2D eigenvalue weighted by molar-refractivity contribution is 9.10. The van der Waals surface area contributed by atoms with Crippen molar-refractivity contribution in [3.8, 4) is 0 Å². The molecule has 0 bridgehead atoms. The summed E-state index contributed by atoms with van der Waals surface area (Å²) in [4.78, 5) is 22.8. The molecule has 0 aliphatic carbocycles. The summed E-state index contributed by atoms with van der Waals surface area (Å²) in [5, 5.41) is 11.4. The van der Waals surface area contributed by atoms with Crippen LogP contribution in [0.25, 0.3) is 0 Å². The molecule has 0 unspecified atom stereocenters. The van der Waals surface area contributed by atoms with Crippen molar-refractivity contribution in [2.24, 2.45) is 0 Å². The van der Waals surface area contributed by atoms with E-state index in [0.717, 1.165) is 0 Å². The third-order valence-corrected chi connectivity index (χ3v) is 3.02. The first-order valence-corrected chi connectivity index (χ1v) is 7.04. The molecule has 1 atom stereocenters. The van der Waals surface area contributed by atoms with Gasteiger partial charge in [-0.15, -0.1) is 0 Å². The fraction of sp³-hybridized carbons (Fsp3) is 0.429. The predicted octanol–water partition coefficient (Wildman–Crippen LogP) is 3.11. The SMILES string of the molecule is CC(C)(C)OC(=O)N[C@H](Cc1ccc(F)c(Br)c1)C(=O)O. The van der Waals surface area contributed by atoms with Crippen molar-refractivity contribution in [3.63, 3.8) is 0 Å². The zero-order valence-corrected chi connectivity index (χ0v) is 13.5. The van der Waals surface area contributed by atoms with E-state index in [-0.39, 0.29) is 10.9 Å². The molecule has 0 saturated heterocycles. The van der Waals surface area contributed by atoms with Crippen LogP contribution < -0.4 is 5.32 Å². The van der Waals surface area contributed by atoms with Gasteiger partial charge < -0.3 is 15.2 Å². The number of nitrogens with one attached hydrogen (secondary N) is 1. The standard InChI is InChI=1S/C14H17BrFNO4/c1-14(2,3)21-13(20)17-11(12(18)19)7-8-4-5-10(16)9(15)6-8/h4-6,11H,7H2,1-3H3,(H,17,20)(H,18,19)/t11-/m1/s1. The van der Waals surface area contributed by atoms with Crippen LogP contribution in [-0.4, -0.2) is 28.8 Å². The van der Waals surface area contributed by atoms with Crippen LogP contribution in [0.2, 0.25) is 0 Å². The van der Waals surface area contributed by atoms with E-state index in [9.17, 15) is 14.0 Å². The van der Waals surface area contributed by atoms with Gasteiger partial charge in [-0.25, -0.2) is 14.0 Å². The van der Waals surface area contributed by atoms with Crippen molar-refractivity contribution in [1.29, 1.82) is 0 Å². The number of carboxylic acids is 1. The Hall–Kier alpha value is -1.63. The number of carboxylic acid groups (broad SMARTS) is 1. The molecule has 0 aliphatic rings. The van der Waals surface area contributed by atoms with Crippen molar-refractivity contribution in [2.45, 2.75) is 38.8 Å². The van der Waals surface area contributed by atoms with Crippen molar-refractivity contribution in [2.75, 3.05) is 0 Å². The Morgan fingerprint density at radius 1 is 1.43 bits per heavy atom. The minimum absolute atomic E-state index is 0.0213. The molecule has 2 N–H and O–H groups in total. The van der Waals surface area contributed by atoms with Gasteiger partial charge in [0.25, 0.3) is 0 Å². The van der Waals surface area contributed by atoms with Crippen LogP contribution in [0.3, 0.4) is 0 Å². The molecular formula is C14H17BrFNO4. The summed E-state index contributed by atoms with van der Waals surface area (Å²) in [6.45, 7) is 5.04. The summed E-state index contributed by atoms with van der Waals surface area (Å²) in [7, 11) is 0. The number of ether oxygens (including phenoxy) is 1. The number of carbonyl (C=O) groups excluding carboxylic acids is 1. The summed E-state index contributed by atoms with van der Waals surface area (Å²) in [5.41, 5.74) is -0.141. The first-order chi connectivity index (χ1) is 9.58. The van der Waals surface area contributed by atoms with E-state index in [1.807, 2.05) is 0 Å². The number of carbonyl (C=O) groups is 2. The molecule has 21 heavy (non-hydrogen) atoms. The van der Waals surface area contributed by atoms with Crippen LogP contribution in [0, 0.1) is 5.82 Å². The Bertz CT molecular complexity index is 542. The monoisotopic (exact) mass is 361 g/mol. The molecule has 5 nitrogen and oxygen atoms in total. The second-order valence-electron chi connectivity index (χ2n) is 5.49. The molecule has 116 valence electrons. The molecule has 0 radical (unpaired) electrons. The highest BCUT2D eigenvalue weighted by atomic mass is 79.9. The summed E-state index contributed by atoms with van der Waals surface area (Å²) < 4.78 is 18.4. The number of rotatable bonds is 4. The van der Waals surface area contributed by atoms with Crippen LogP contribution in [0.4, 0.5) is 9.18 Å². The van der Waals surface area contributed by atoms with Gasteiger partial charge in [0, 0.05) is 6.42 Å². The first-order valence-electron chi connectivity index (χ1n) is 6.25. The van der Waals surface area contributed by atoms with Crippen LogP contribution >= 0.6 is 15.9 Å². The zero-order valence-electron chi connectivity index (χ0n) is 11.9. The maximum Gasteiger partial charge on any atom is 0.408 e. The lowest BCUT2D eigenvalue weighted by Gasteiger charge is -2.22. The van der Waals surface area contributed by atoms with E-state index < -0.39 is 29.5 Å². The fourth-order valence-electron chi connectivity index (χ4n) is 1.55. The van der Waals surface area contributed by atoms with E-state index in [0.29, 0.717) is 5.56 Å². The van der Waals surface area contributed by atoms with Gasteiger partial charge >= 0.3 is 12.1 Å². The van der Waals surface area contributed by atoms with Crippen LogP contribution in [0.15, 0.2) is 22.7 Å². The number of hydrogen-bond donors (Lipinski definition) is 2. The summed E-state index contributed by atoms with van der Waals surface area (Å²) >= 11 is 3.03. The van der Waals surface area contributed by atoms with E-state index in [4.69, 9.17) is 9.84 Å². The average Bonchev–Trinajstić information content (AvgIpc) is 2.30. The number of halogens is 2. The third kappa shape index (κ3) is 6.12. The Labute approximate surface area is 130 Å². The topological polar surface area (TPSA) is 75.6 Å². The molecule has 0 spiro atoms. The van der Waals surface area contributed by atoms with Crippen molar-refractivity contribution in [1.82, 2.24) is 5.32 Å². The molecule has 1 aromatic carbocycles. The molecule has 1 rings (SSSR count). The van der Waals surface area contributed by atoms with Crippen LogP contribution in [0.5, 0.6) is 0 Å². The normalized spacial score (nSPS) is 12.6. The van der Waals surface area contributed by atoms with Gasteiger partial charge in [0.2, 0.25) is 0 Å². The largest absolute Gasteiger partial charge is 0.480 e. The molecule has 1 aromatic rings. The van der Waals surface area contributed by atoms with E-state index in [2.05, 4.69) is 21.2 Å². The molecule has 0 aromatic heterocycles. The second-order valence-corrected chi connectivity index (χ2v) is 6.34. The second kappa shape index (κ2) is 6.89. The summed E-state index contributed by atoms with van der Waals surface area (Å²) in [6, 6.07) is 3.01.